The van der Waals surface area contributed by atoms with E-state index >= 15 is 0 Å². The fraction of sp³-hybridized carbons (Fsp3) is 0.625. The molecular formula is C8H15N3O4S. The summed E-state index contributed by atoms with van der Waals surface area (Å²) >= 11 is 0. The van der Waals surface area contributed by atoms with Gasteiger partial charge in [0, 0.05) is 20.2 Å². The molecule has 16 heavy (non-hydrogen) atoms. The molecule has 0 aliphatic carbocycles. The molecule has 8 heteroatoms. The summed E-state index contributed by atoms with van der Waals surface area (Å²) in [6.45, 7) is 0.258. The maximum atomic E-state index is 12.0. The van der Waals surface area contributed by atoms with E-state index < -0.39 is 10.0 Å². The van der Waals surface area contributed by atoms with Gasteiger partial charge in [-0.15, -0.1) is 0 Å². The third kappa shape index (κ3) is 3.01. The highest BCUT2D eigenvalue weighted by molar-refractivity contribution is 7.89. The van der Waals surface area contributed by atoms with Crippen molar-refractivity contribution in [2.45, 2.75) is 5.03 Å². The Morgan fingerprint density at radius 2 is 2.31 bits per heavy atom. The fourth-order valence-electron chi connectivity index (χ4n) is 1.18. The van der Waals surface area contributed by atoms with Crippen LogP contribution in [-0.2, 0) is 14.8 Å². The molecule has 0 aliphatic heterocycles. The van der Waals surface area contributed by atoms with Gasteiger partial charge in [-0.05, 0) is 6.07 Å². The number of ether oxygens (including phenoxy) is 1. The van der Waals surface area contributed by atoms with Crippen molar-refractivity contribution in [3.8, 4) is 0 Å². The highest BCUT2D eigenvalue weighted by atomic mass is 32.2. The van der Waals surface area contributed by atoms with Crippen molar-refractivity contribution < 1.29 is 18.3 Å². The van der Waals surface area contributed by atoms with Gasteiger partial charge >= 0.3 is 0 Å². The molecule has 0 spiro atoms. The van der Waals surface area contributed by atoms with Gasteiger partial charge in [0.1, 0.15) is 0 Å². The smallest absolute Gasteiger partial charge is 0.260 e. The number of aliphatic hydroxyl groups excluding tert-OH is 1. The average Bonchev–Trinajstić information content (AvgIpc) is 2.77. The van der Waals surface area contributed by atoms with E-state index in [2.05, 4.69) is 10.2 Å². The monoisotopic (exact) mass is 249 g/mol. The first-order valence-corrected chi connectivity index (χ1v) is 6.16. The molecular weight excluding hydrogens is 234 g/mol. The number of hydrogen-bond donors (Lipinski definition) is 2. The Morgan fingerprint density at radius 3 is 2.81 bits per heavy atom. The number of methoxy groups -OCH3 is 1. The first kappa shape index (κ1) is 13.1. The van der Waals surface area contributed by atoms with E-state index in [1.165, 1.54) is 19.4 Å². The number of hydrogen-bond acceptors (Lipinski definition) is 5. The van der Waals surface area contributed by atoms with E-state index in [4.69, 9.17) is 9.84 Å². The van der Waals surface area contributed by atoms with Gasteiger partial charge in [-0.3, -0.25) is 5.10 Å². The van der Waals surface area contributed by atoms with Crippen molar-refractivity contribution >= 4 is 10.0 Å². The van der Waals surface area contributed by atoms with E-state index in [9.17, 15) is 8.42 Å². The zero-order valence-corrected chi connectivity index (χ0v) is 9.77. The average molecular weight is 249 g/mol. The number of sulfonamides is 1. The van der Waals surface area contributed by atoms with Crippen LogP contribution in [0.15, 0.2) is 17.3 Å². The minimum atomic E-state index is -3.62. The number of nitrogens with one attached hydrogen (secondary N) is 1. The summed E-state index contributed by atoms with van der Waals surface area (Å²) in [6, 6.07) is 1.37. The van der Waals surface area contributed by atoms with Gasteiger partial charge in [0.2, 0.25) is 0 Å². The van der Waals surface area contributed by atoms with Crippen LogP contribution >= 0.6 is 0 Å². The molecule has 92 valence electrons. The van der Waals surface area contributed by atoms with E-state index in [0.29, 0.717) is 0 Å². The molecule has 7 nitrogen and oxygen atoms in total. The Labute approximate surface area is 94.1 Å². The molecule has 0 radical (unpaired) electrons. The number of rotatable bonds is 7. The number of nitrogens with zero attached hydrogens (tertiary/aromatic N) is 2. The third-order valence-electron chi connectivity index (χ3n) is 1.99. The summed E-state index contributed by atoms with van der Waals surface area (Å²) in [5, 5.41) is 14.8. The minimum absolute atomic E-state index is 0.0112. The summed E-state index contributed by atoms with van der Waals surface area (Å²) in [5.74, 6) is 0. The van der Waals surface area contributed by atoms with Crippen LogP contribution in [0, 0.1) is 0 Å². The summed E-state index contributed by atoms with van der Waals surface area (Å²) in [6.07, 6.45) is 1.36. The number of H-pyrrole nitrogens is 1. The molecule has 1 rings (SSSR count). The lowest BCUT2D eigenvalue weighted by Crippen LogP contribution is -2.36. The number of aromatic nitrogens is 2. The highest BCUT2D eigenvalue weighted by Crippen LogP contribution is 2.11. The van der Waals surface area contributed by atoms with Gasteiger partial charge in [0.05, 0.1) is 19.4 Å². The summed E-state index contributed by atoms with van der Waals surface area (Å²) in [7, 11) is -2.13. The normalized spacial score (nSPS) is 12.2. The Balaban J connectivity index is 2.84. The summed E-state index contributed by atoms with van der Waals surface area (Å²) in [4.78, 5) is 0. The summed E-state index contributed by atoms with van der Waals surface area (Å²) in [5.41, 5.74) is 0. The Bertz CT molecular complexity index is 389. The Morgan fingerprint density at radius 1 is 1.56 bits per heavy atom. The molecule has 0 fully saturated rings. The second-order valence-electron chi connectivity index (χ2n) is 3.04. The molecule has 0 atom stereocenters. The lowest BCUT2D eigenvalue weighted by atomic mass is 10.6. The number of aromatic amines is 1. The molecule has 0 aromatic carbocycles. The van der Waals surface area contributed by atoms with Gasteiger partial charge in [0.25, 0.3) is 10.0 Å². The highest BCUT2D eigenvalue weighted by Gasteiger charge is 2.24. The minimum Gasteiger partial charge on any atom is -0.395 e. The zero-order valence-electron chi connectivity index (χ0n) is 8.96. The fourth-order valence-corrected chi connectivity index (χ4v) is 2.50. The van der Waals surface area contributed by atoms with Gasteiger partial charge in [-0.2, -0.15) is 9.40 Å². The molecule has 1 aromatic rings. The second kappa shape index (κ2) is 5.94. The van der Waals surface area contributed by atoms with Crippen molar-refractivity contribution in [1.29, 1.82) is 0 Å². The Hall–Kier alpha value is -0.960. The molecule has 0 unspecified atom stereocenters. The molecule has 1 aromatic heterocycles. The quantitative estimate of drug-likeness (QED) is 0.649. The molecule has 1 heterocycles. The molecule has 2 N–H and O–H groups in total. The predicted molar refractivity (Wildman–Crippen MR) is 56.3 cm³/mol. The van der Waals surface area contributed by atoms with Crippen LogP contribution in [0.4, 0.5) is 0 Å². The molecule has 0 aliphatic rings. The standard InChI is InChI=1S/C8H15N3O4S/c1-15-7-5-11(4-6-12)16(13,14)8-2-3-9-10-8/h2-3,12H,4-7H2,1H3,(H,9,10). The first-order valence-electron chi connectivity index (χ1n) is 4.72. The van der Waals surface area contributed by atoms with Crippen molar-refractivity contribution in [1.82, 2.24) is 14.5 Å². The van der Waals surface area contributed by atoms with E-state index in [0.717, 1.165) is 4.31 Å². The largest absolute Gasteiger partial charge is 0.395 e. The van der Waals surface area contributed by atoms with Crippen LogP contribution in [0.25, 0.3) is 0 Å². The van der Waals surface area contributed by atoms with Crippen LogP contribution < -0.4 is 0 Å². The van der Waals surface area contributed by atoms with Crippen LogP contribution in [0.3, 0.4) is 0 Å². The second-order valence-corrected chi connectivity index (χ2v) is 4.95. The molecule has 0 amide bonds. The van der Waals surface area contributed by atoms with E-state index in [1.54, 1.807) is 0 Å². The van der Waals surface area contributed by atoms with Crippen LogP contribution in [0.5, 0.6) is 0 Å². The van der Waals surface area contributed by atoms with Crippen LogP contribution in [0.2, 0.25) is 0 Å². The third-order valence-corrected chi connectivity index (χ3v) is 3.82. The molecule has 0 saturated carbocycles. The van der Waals surface area contributed by atoms with Crippen LogP contribution in [0.1, 0.15) is 0 Å². The SMILES string of the molecule is COCCN(CCO)S(=O)(=O)c1ccn[nH]1. The first-order chi connectivity index (χ1) is 7.62. The lowest BCUT2D eigenvalue weighted by Gasteiger charge is -2.19. The molecule has 0 bridgehead atoms. The van der Waals surface area contributed by atoms with Gasteiger partial charge in [0.15, 0.2) is 5.03 Å². The van der Waals surface area contributed by atoms with Crippen molar-refractivity contribution in [3.63, 3.8) is 0 Å². The number of aliphatic hydroxyl groups is 1. The predicted octanol–water partition coefficient (Wildman–Crippen LogP) is -0.961. The van der Waals surface area contributed by atoms with Gasteiger partial charge in [-0.1, -0.05) is 0 Å². The summed E-state index contributed by atoms with van der Waals surface area (Å²) < 4.78 is 29.9. The Kier molecular flexibility index (Phi) is 4.87. The van der Waals surface area contributed by atoms with Crippen LogP contribution in [-0.4, -0.2) is 61.4 Å². The van der Waals surface area contributed by atoms with Gasteiger partial charge in [-0.25, -0.2) is 8.42 Å². The van der Waals surface area contributed by atoms with E-state index in [1.807, 2.05) is 0 Å². The van der Waals surface area contributed by atoms with Crippen molar-refractivity contribution in [2.24, 2.45) is 0 Å². The maximum absolute atomic E-state index is 12.0. The van der Waals surface area contributed by atoms with Crippen molar-refractivity contribution in [3.05, 3.63) is 12.3 Å². The zero-order chi connectivity index (χ0) is 12.0. The topological polar surface area (TPSA) is 95.5 Å². The maximum Gasteiger partial charge on any atom is 0.260 e. The van der Waals surface area contributed by atoms with E-state index in [-0.39, 0.29) is 31.3 Å². The van der Waals surface area contributed by atoms with Crippen molar-refractivity contribution in [2.75, 3.05) is 33.4 Å². The lowest BCUT2D eigenvalue weighted by molar-refractivity contribution is 0.168. The van der Waals surface area contributed by atoms with Gasteiger partial charge < -0.3 is 9.84 Å². The molecule has 0 saturated heterocycles.